The number of rotatable bonds is 5. The molecule has 1 aliphatic carbocycles. The van der Waals surface area contributed by atoms with Crippen LogP contribution in [0.5, 0.6) is 0 Å². The largest absolute Gasteiger partial charge is 0.352 e. The highest BCUT2D eigenvalue weighted by molar-refractivity contribution is 5.92. The van der Waals surface area contributed by atoms with E-state index in [0.717, 1.165) is 17.5 Å². The van der Waals surface area contributed by atoms with Gasteiger partial charge in [0, 0.05) is 32.7 Å². The van der Waals surface area contributed by atoms with Gasteiger partial charge in [-0.15, -0.1) is 0 Å². The average molecular weight is 329 g/mol. The van der Waals surface area contributed by atoms with Gasteiger partial charge in [-0.1, -0.05) is 24.3 Å². The van der Waals surface area contributed by atoms with E-state index in [1.807, 2.05) is 31.2 Å². The number of hydrogen-bond donors (Lipinski definition) is 1. The van der Waals surface area contributed by atoms with E-state index in [9.17, 15) is 14.4 Å². The van der Waals surface area contributed by atoms with E-state index < -0.39 is 0 Å². The third-order valence-corrected chi connectivity index (χ3v) is 4.93. The molecule has 2 aliphatic rings. The molecule has 128 valence electrons. The molecule has 1 aromatic carbocycles. The highest BCUT2D eigenvalue weighted by Gasteiger charge is 2.49. The Morgan fingerprint density at radius 1 is 1.17 bits per heavy atom. The van der Waals surface area contributed by atoms with Crippen molar-refractivity contribution in [2.24, 2.45) is 11.8 Å². The zero-order valence-corrected chi connectivity index (χ0v) is 13.9. The second-order valence-electron chi connectivity index (χ2n) is 6.56. The van der Waals surface area contributed by atoms with Crippen LogP contribution in [-0.2, 0) is 20.9 Å². The lowest BCUT2D eigenvalue weighted by Gasteiger charge is -2.32. The molecule has 1 aliphatic heterocycles. The van der Waals surface area contributed by atoms with E-state index in [0.29, 0.717) is 39.1 Å². The molecule has 24 heavy (non-hydrogen) atoms. The Bertz CT molecular complexity index is 638. The average Bonchev–Trinajstić information content (AvgIpc) is 3.41. The van der Waals surface area contributed by atoms with Crippen LogP contribution < -0.4 is 5.32 Å². The molecule has 1 saturated carbocycles. The molecule has 1 saturated heterocycles. The van der Waals surface area contributed by atoms with Gasteiger partial charge >= 0.3 is 0 Å². The first kappa shape index (κ1) is 16.5. The number of piperazine rings is 1. The summed E-state index contributed by atoms with van der Waals surface area (Å²) in [5.41, 5.74) is 2.24. The maximum atomic E-state index is 12.4. The molecule has 6 nitrogen and oxygen atoms in total. The summed E-state index contributed by atoms with van der Waals surface area (Å²) in [5.74, 6) is -0.380. The summed E-state index contributed by atoms with van der Waals surface area (Å²) in [4.78, 5) is 38.8. The molecule has 2 atom stereocenters. The monoisotopic (exact) mass is 329 g/mol. The standard InChI is InChI=1S/C18H23N3O3/c1-13-4-2-3-5-14(13)11-19-17(23)15-10-16(15)18(24)21-8-6-20(12-22)7-9-21/h2-5,12,15-16H,6-11H2,1H3,(H,19,23). The number of amides is 3. The van der Waals surface area contributed by atoms with E-state index >= 15 is 0 Å². The van der Waals surface area contributed by atoms with Gasteiger partial charge in [0.05, 0.1) is 11.8 Å². The van der Waals surface area contributed by atoms with Crippen LogP contribution in [0.25, 0.3) is 0 Å². The van der Waals surface area contributed by atoms with Gasteiger partial charge in [-0.3, -0.25) is 14.4 Å². The first-order valence-corrected chi connectivity index (χ1v) is 8.40. The second-order valence-corrected chi connectivity index (χ2v) is 6.56. The number of nitrogens with zero attached hydrogens (tertiary/aromatic N) is 2. The Morgan fingerprint density at radius 2 is 1.88 bits per heavy atom. The minimum Gasteiger partial charge on any atom is -0.352 e. The van der Waals surface area contributed by atoms with Crippen molar-refractivity contribution >= 4 is 18.2 Å². The molecule has 0 aromatic heterocycles. The first-order valence-electron chi connectivity index (χ1n) is 8.40. The number of benzene rings is 1. The Hall–Kier alpha value is -2.37. The molecule has 0 spiro atoms. The van der Waals surface area contributed by atoms with Gasteiger partial charge in [-0.05, 0) is 24.5 Å². The molecule has 2 unspecified atom stereocenters. The van der Waals surface area contributed by atoms with Crippen molar-refractivity contribution in [1.82, 2.24) is 15.1 Å². The maximum absolute atomic E-state index is 12.4. The molecule has 1 heterocycles. The van der Waals surface area contributed by atoms with E-state index in [4.69, 9.17) is 0 Å². The zero-order valence-electron chi connectivity index (χ0n) is 13.9. The van der Waals surface area contributed by atoms with Crippen molar-refractivity contribution in [2.75, 3.05) is 26.2 Å². The lowest BCUT2D eigenvalue weighted by atomic mass is 10.1. The van der Waals surface area contributed by atoms with Crippen molar-refractivity contribution in [2.45, 2.75) is 19.9 Å². The van der Waals surface area contributed by atoms with Gasteiger partial charge in [-0.2, -0.15) is 0 Å². The quantitative estimate of drug-likeness (QED) is 0.802. The Balaban J connectivity index is 1.46. The summed E-state index contributed by atoms with van der Waals surface area (Å²) < 4.78 is 0. The third kappa shape index (κ3) is 3.58. The highest BCUT2D eigenvalue weighted by Crippen LogP contribution is 2.40. The zero-order chi connectivity index (χ0) is 17.1. The summed E-state index contributed by atoms with van der Waals surface area (Å²) in [6, 6.07) is 7.94. The van der Waals surface area contributed by atoms with Crippen LogP contribution in [0.2, 0.25) is 0 Å². The van der Waals surface area contributed by atoms with Crippen molar-refractivity contribution in [3.05, 3.63) is 35.4 Å². The Labute approximate surface area is 141 Å². The van der Waals surface area contributed by atoms with Gasteiger partial charge in [-0.25, -0.2) is 0 Å². The summed E-state index contributed by atoms with van der Waals surface area (Å²) >= 11 is 0. The number of hydrogen-bond acceptors (Lipinski definition) is 3. The topological polar surface area (TPSA) is 69.7 Å². The molecular weight excluding hydrogens is 306 g/mol. The van der Waals surface area contributed by atoms with E-state index in [2.05, 4.69) is 5.32 Å². The molecule has 2 fully saturated rings. The van der Waals surface area contributed by atoms with Crippen LogP contribution in [0.4, 0.5) is 0 Å². The van der Waals surface area contributed by atoms with Crippen molar-refractivity contribution in [1.29, 1.82) is 0 Å². The first-order chi connectivity index (χ1) is 11.6. The molecule has 0 radical (unpaired) electrons. The van der Waals surface area contributed by atoms with Gasteiger partial charge < -0.3 is 15.1 Å². The fourth-order valence-corrected chi connectivity index (χ4v) is 3.16. The number of carbonyl (C=O) groups is 3. The molecule has 3 amide bonds. The number of nitrogens with one attached hydrogen (secondary N) is 1. The predicted molar refractivity (Wildman–Crippen MR) is 88.8 cm³/mol. The molecule has 1 aromatic rings. The van der Waals surface area contributed by atoms with Crippen molar-refractivity contribution in [3.63, 3.8) is 0 Å². The summed E-state index contributed by atoms with van der Waals surface area (Å²) in [5, 5.41) is 2.94. The number of aryl methyl sites for hydroxylation is 1. The van der Waals surface area contributed by atoms with E-state index in [-0.39, 0.29) is 23.7 Å². The third-order valence-electron chi connectivity index (χ3n) is 4.93. The smallest absolute Gasteiger partial charge is 0.226 e. The molecule has 3 rings (SSSR count). The van der Waals surface area contributed by atoms with Crippen LogP contribution >= 0.6 is 0 Å². The number of carbonyl (C=O) groups excluding carboxylic acids is 3. The second kappa shape index (κ2) is 7.03. The lowest BCUT2D eigenvalue weighted by molar-refractivity contribution is -0.137. The molecule has 1 N–H and O–H groups in total. The van der Waals surface area contributed by atoms with Crippen LogP contribution in [-0.4, -0.2) is 54.2 Å². The van der Waals surface area contributed by atoms with Gasteiger partial charge in [0.1, 0.15) is 0 Å². The Kier molecular flexibility index (Phi) is 4.83. The van der Waals surface area contributed by atoms with Gasteiger partial charge in [0.2, 0.25) is 18.2 Å². The molecular formula is C18H23N3O3. The van der Waals surface area contributed by atoms with Crippen molar-refractivity contribution in [3.8, 4) is 0 Å². The SMILES string of the molecule is Cc1ccccc1CNC(=O)C1CC1C(=O)N1CCN(C=O)CC1. The normalized spacial score (nSPS) is 22.9. The predicted octanol–water partition coefficient (Wildman–Crippen LogP) is 0.548. The molecule has 6 heteroatoms. The van der Waals surface area contributed by atoms with E-state index in [1.54, 1.807) is 9.80 Å². The summed E-state index contributed by atoms with van der Waals surface area (Å²) in [6.45, 7) is 4.79. The van der Waals surface area contributed by atoms with Crippen molar-refractivity contribution < 1.29 is 14.4 Å². The van der Waals surface area contributed by atoms with Crippen LogP contribution in [0.15, 0.2) is 24.3 Å². The minimum atomic E-state index is -0.203. The highest BCUT2D eigenvalue weighted by atomic mass is 16.2. The fraction of sp³-hybridized carbons (Fsp3) is 0.500. The van der Waals surface area contributed by atoms with Gasteiger partial charge in [0.25, 0.3) is 0 Å². The van der Waals surface area contributed by atoms with E-state index in [1.165, 1.54) is 0 Å². The van der Waals surface area contributed by atoms with Crippen LogP contribution in [0, 0.1) is 18.8 Å². The Morgan fingerprint density at radius 3 is 2.54 bits per heavy atom. The van der Waals surface area contributed by atoms with Crippen LogP contribution in [0.3, 0.4) is 0 Å². The minimum absolute atomic E-state index is 0.0388. The summed E-state index contributed by atoms with van der Waals surface area (Å²) in [7, 11) is 0. The lowest BCUT2D eigenvalue weighted by Crippen LogP contribution is -2.48. The molecule has 0 bridgehead atoms. The fourth-order valence-electron chi connectivity index (χ4n) is 3.16. The maximum Gasteiger partial charge on any atom is 0.226 e. The summed E-state index contributed by atoms with van der Waals surface area (Å²) in [6.07, 6.45) is 1.45. The van der Waals surface area contributed by atoms with Crippen LogP contribution in [0.1, 0.15) is 17.5 Å². The van der Waals surface area contributed by atoms with Gasteiger partial charge in [0.15, 0.2) is 0 Å².